The molecule has 2 atom stereocenters. The molecule has 0 radical (unpaired) electrons. The first-order valence-corrected chi connectivity index (χ1v) is 6.95. The first kappa shape index (κ1) is 13.3. The Kier molecular flexibility index (Phi) is 3.55. The van der Waals surface area contributed by atoms with Crippen molar-refractivity contribution < 1.29 is 4.39 Å². The van der Waals surface area contributed by atoms with Crippen LogP contribution in [-0.4, -0.2) is 25.0 Å². The van der Waals surface area contributed by atoms with Gasteiger partial charge in [-0.05, 0) is 35.9 Å². The molecule has 0 saturated carbocycles. The molecule has 2 N–H and O–H groups in total. The van der Waals surface area contributed by atoms with Crippen molar-refractivity contribution in [3.8, 4) is 0 Å². The Hall–Kier alpha value is -1.71. The van der Waals surface area contributed by atoms with Crippen LogP contribution in [-0.2, 0) is 0 Å². The predicted molar refractivity (Wildman–Crippen MR) is 79.1 cm³/mol. The molecule has 3 heteroatoms. The van der Waals surface area contributed by atoms with E-state index in [9.17, 15) is 4.39 Å². The number of fused-ring (bicyclic) bond motifs is 1. The molecule has 1 heterocycles. The Morgan fingerprint density at radius 1 is 1.10 bits per heavy atom. The van der Waals surface area contributed by atoms with E-state index >= 15 is 0 Å². The van der Waals surface area contributed by atoms with Gasteiger partial charge in [0.15, 0.2) is 0 Å². The number of nitrogens with two attached hydrogens (primary N) is 1. The average Bonchev–Trinajstić information content (AvgIpc) is 2.47. The molecule has 0 fully saturated rings. The van der Waals surface area contributed by atoms with Gasteiger partial charge in [-0.3, -0.25) is 4.90 Å². The molecule has 0 aliphatic carbocycles. The van der Waals surface area contributed by atoms with Crippen LogP contribution in [0.4, 0.5) is 4.39 Å². The summed E-state index contributed by atoms with van der Waals surface area (Å²) in [5, 5.41) is 0. The molecule has 1 aliphatic rings. The van der Waals surface area contributed by atoms with Gasteiger partial charge >= 0.3 is 0 Å². The highest BCUT2D eigenvalue weighted by Crippen LogP contribution is 2.38. The number of benzene rings is 2. The van der Waals surface area contributed by atoms with Crippen molar-refractivity contribution in [1.29, 1.82) is 0 Å². The summed E-state index contributed by atoms with van der Waals surface area (Å²) in [6, 6.07) is 15.5. The van der Waals surface area contributed by atoms with E-state index in [1.807, 2.05) is 12.1 Å². The zero-order chi connectivity index (χ0) is 14.1. The van der Waals surface area contributed by atoms with Gasteiger partial charge in [-0.2, -0.15) is 0 Å². The fourth-order valence-electron chi connectivity index (χ4n) is 3.17. The number of nitrogens with zero attached hydrogens (tertiary/aromatic N) is 1. The third-order valence-electron chi connectivity index (χ3n) is 4.23. The number of rotatable bonds is 2. The highest BCUT2D eigenvalue weighted by Gasteiger charge is 2.30. The summed E-state index contributed by atoms with van der Waals surface area (Å²) >= 11 is 0. The highest BCUT2D eigenvalue weighted by molar-refractivity contribution is 5.42. The van der Waals surface area contributed by atoms with E-state index in [2.05, 4.69) is 36.2 Å². The molecule has 0 aromatic heterocycles. The number of hydrogen-bond donors (Lipinski definition) is 1. The zero-order valence-corrected chi connectivity index (χ0v) is 11.6. The third-order valence-corrected chi connectivity index (χ3v) is 4.23. The Balaban J connectivity index is 2.06. The Morgan fingerprint density at radius 2 is 1.75 bits per heavy atom. The lowest BCUT2D eigenvalue weighted by molar-refractivity contribution is 0.223. The summed E-state index contributed by atoms with van der Waals surface area (Å²) in [4.78, 5) is 2.29. The van der Waals surface area contributed by atoms with Gasteiger partial charge in [0.1, 0.15) is 5.82 Å². The highest BCUT2D eigenvalue weighted by atomic mass is 19.1. The third kappa shape index (κ3) is 2.23. The van der Waals surface area contributed by atoms with Crippen LogP contribution < -0.4 is 5.73 Å². The Labute approximate surface area is 119 Å². The molecular formula is C17H19FN2. The molecule has 0 saturated heterocycles. The summed E-state index contributed by atoms with van der Waals surface area (Å²) in [7, 11) is 2.10. The van der Waals surface area contributed by atoms with E-state index in [4.69, 9.17) is 5.73 Å². The van der Waals surface area contributed by atoms with Crippen molar-refractivity contribution in [3.05, 3.63) is 71.0 Å². The molecule has 2 nitrogen and oxygen atoms in total. The van der Waals surface area contributed by atoms with Crippen LogP contribution in [0.15, 0.2) is 48.5 Å². The molecule has 3 rings (SSSR count). The lowest BCUT2D eigenvalue weighted by atomic mass is 9.81. The smallest absolute Gasteiger partial charge is 0.123 e. The standard InChI is InChI=1S/C17H19FN2/c1-20-11-16(12-6-8-13(18)9-7-12)14-4-2-3-5-15(14)17(20)10-19/h2-9,16-17H,10-11,19H2,1H3. The number of hydrogen-bond acceptors (Lipinski definition) is 2. The summed E-state index contributed by atoms with van der Waals surface area (Å²) < 4.78 is 13.1. The molecule has 1 aliphatic heterocycles. The quantitative estimate of drug-likeness (QED) is 0.909. The fourth-order valence-corrected chi connectivity index (χ4v) is 3.17. The van der Waals surface area contributed by atoms with Gasteiger partial charge in [0.25, 0.3) is 0 Å². The van der Waals surface area contributed by atoms with Gasteiger partial charge in [-0.15, -0.1) is 0 Å². The SMILES string of the molecule is CN1CC(c2ccc(F)cc2)c2ccccc2C1CN. The minimum atomic E-state index is -0.189. The molecule has 104 valence electrons. The van der Waals surface area contributed by atoms with Gasteiger partial charge in [0.05, 0.1) is 0 Å². The Morgan fingerprint density at radius 3 is 2.40 bits per heavy atom. The van der Waals surface area contributed by atoms with Crippen molar-refractivity contribution in [2.75, 3.05) is 20.1 Å². The topological polar surface area (TPSA) is 29.3 Å². The molecule has 2 aromatic rings. The van der Waals surface area contributed by atoms with E-state index in [1.165, 1.54) is 23.3 Å². The van der Waals surface area contributed by atoms with Crippen LogP contribution in [0.5, 0.6) is 0 Å². The van der Waals surface area contributed by atoms with Crippen molar-refractivity contribution in [3.63, 3.8) is 0 Å². The zero-order valence-electron chi connectivity index (χ0n) is 11.6. The maximum absolute atomic E-state index is 13.1. The molecule has 0 bridgehead atoms. The Bertz CT molecular complexity index is 594. The van der Waals surface area contributed by atoms with Gasteiger partial charge < -0.3 is 5.73 Å². The largest absolute Gasteiger partial charge is 0.329 e. The summed E-state index contributed by atoms with van der Waals surface area (Å²) in [5.74, 6) is 0.0885. The molecule has 2 unspecified atom stereocenters. The van der Waals surface area contributed by atoms with Crippen LogP contribution in [0.3, 0.4) is 0 Å². The number of halogens is 1. The second-order valence-corrected chi connectivity index (χ2v) is 5.42. The maximum Gasteiger partial charge on any atom is 0.123 e. The van der Waals surface area contributed by atoms with Crippen molar-refractivity contribution in [2.45, 2.75) is 12.0 Å². The van der Waals surface area contributed by atoms with Crippen molar-refractivity contribution in [2.24, 2.45) is 5.73 Å². The van der Waals surface area contributed by atoms with Crippen LogP contribution in [0.1, 0.15) is 28.7 Å². The molecule has 0 spiro atoms. The summed E-state index contributed by atoms with van der Waals surface area (Å²) in [5.41, 5.74) is 9.68. The molecule has 20 heavy (non-hydrogen) atoms. The normalized spacial score (nSPS) is 22.6. The van der Waals surface area contributed by atoms with Crippen LogP contribution in [0.2, 0.25) is 0 Å². The van der Waals surface area contributed by atoms with Gasteiger partial charge in [-0.25, -0.2) is 4.39 Å². The van der Waals surface area contributed by atoms with Gasteiger partial charge in [0.2, 0.25) is 0 Å². The predicted octanol–water partition coefficient (Wildman–Crippen LogP) is 2.90. The van der Waals surface area contributed by atoms with Gasteiger partial charge in [0, 0.05) is 25.0 Å². The monoisotopic (exact) mass is 270 g/mol. The van der Waals surface area contributed by atoms with Crippen molar-refractivity contribution in [1.82, 2.24) is 4.90 Å². The number of likely N-dealkylation sites (N-methyl/N-ethyl adjacent to an activating group) is 1. The van der Waals surface area contributed by atoms with Crippen molar-refractivity contribution >= 4 is 0 Å². The molecule has 0 amide bonds. The van der Waals surface area contributed by atoms with Gasteiger partial charge in [-0.1, -0.05) is 36.4 Å². The average molecular weight is 270 g/mol. The second-order valence-electron chi connectivity index (χ2n) is 5.42. The molecule has 2 aromatic carbocycles. The maximum atomic E-state index is 13.1. The minimum Gasteiger partial charge on any atom is -0.329 e. The van der Waals surface area contributed by atoms with E-state index < -0.39 is 0 Å². The fraction of sp³-hybridized carbons (Fsp3) is 0.294. The van der Waals surface area contributed by atoms with Crippen LogP contribution in [0.25, 0.3) is 0 Å². The lowest BCUT2D eigenvalue weighted by Crippen LogP contribution is -2.39. The minimum absolute atomic E-state index is 0.189. The molecular weight excluding hydrogens is 251 g/mol. The second kappa shape index (κ2) is 5.35. The van der Waals surface area contributed by atoms with E-state index in [1.54, 1.807) is 0 Å². The first-order chi connectivity index (χ1) is 9.70. The van der Waals surface area contributed by atoms with E-state index in [0.717, 1.165) is 12.1 Å². The van der Waals surface area contributed by atoms with E-state index in [-0.39, 0.29) is 17.8 Å². The lowest BCUT2D eigenvalue weighted by Gasteiger charge is -2.39. The van der Waals surface area contributed by atoms with Crippen LogP contribution in [0, 0.1) is 5.82 Å². The summed E-state index contributed by atoms with van der Waals surface area (Å²) in [6.45, 7) is 1.52. The van der Waals surface area contributed by atoms with E-state index in [0.29, 0.717) is 6.54 Å². The first-order valence-electron chi connectivity index (χ1n) is 6.95. The van der Waals surface area contributed by atoms with Crippen LogP contribution >= 0.6 is 0 Å². The summed E-state index contributed by atoms with van der Waals surface area (Å²) in [6.07, 6.45) is 0.